The van der Waals surface area contributed by atoms with Crippen molar-refractivity contribution >= 4 is 22.8 Å². The van der Waals surface area contributed by atoms with Crippen molar-refractivity contribution in [3.63, 3.8) is 0 Å². The molecule has 0 bridgehead atoms. The fourth-order valence-electron chi connectivity index (χ4n) is 4.91. The molecule has 3 aromatic rings. The van der Waals surface area contributed by atoms with Crippen LogP contribution < -0.4 is 0 Å². The molecule has 1 aliphatic rings. The van der Waals surface area contributed by atoms with E-state index in [1.54, 1.807) is 11.0 Å². The van der Waals surface area contributed by atoms with Crippen LogP contribution in [0.1, 0.15) is 48.2 Å². The Balaban J connectivity index is 1.65. The average Bonchev–Trinajstić information content (AvgIpc) is 3.08. The number of carboxylic acids is 1. The molecule has 1 N–H and O–H groups in total. The van der Waals surface area contributed by atoms with Crippen molar-refractivity contribution in [2.24, 2.45) is 0 Å². The molecule has 4 rings (SSSR count). The highest BCUT2D eigenvalue weighted by molar-refractivity contribution is 5.88. The molecular weight excluding hydrogens is 407 g/mol. The van der Waals surface area contributed by atoms with Crippen molar-refractivity contribution < 1.29 is 19.1 Å². The average molecular weight is 437 g/mol. The van der Waals surface area contributed by atoms with Gasteiger partial charge in [0.15, 0.2) is 0 Å². The summed E-state index contributed by atoms with van der Waals surface area (Å²) in [7, 11) is 1.83. The standard InChI is InChI=1S/C26H29FN2O3/c1-4-22(26(31)32)29-23-11-9-18(27)14-20(23)21-15-19(10-12-24(21)29)28(3)25(30)13-17-7-5-16(2)6-8-17/h5-9,11,14,19,22H,4,10,12-13,15H2,1-3H3,(H,31,32)/t19-,22?/m0/s1. The Kier molecular flexibility index (Phi) is 6.04. The van der Waals surface area contributed by atoms with E-state index in [1.165, 1.54) is 12.1 Å². The van der Waals surface area contributed by atoms with Gasteiger partial charge >= 0.3 is 5.97 Å². The number of halogens is 1. The molecule has 1 aliphatic carbocycles. The first-order chi connectivity index (χ1) is 15.3. The molecule has 32 heavy (non-hydrogen) atoms. The van der Waals surface area contributed by atoms with Crippen LogP contribution in [0.15, 0.2) is 42.5 Å². The molecule has 5 nitrogen and oxygen atoms in total. The third-order valence-corrected chi connectivity index (χ3v) is 6.74. The van der Waals surface area contributed by atoms with Crippen molar-refractivity contribution in [2.75, 3.05) is 7.05 Å². The lowest BCUT2D eigenvalue weighted by Crippen LogP contribution is -2.41. The molecule has 1 unspecified atom stereocenters. The zero-order chi connectivity index (χ0) is 23.0. The summed E-state index contributed by atoms with van der Waals surface area (Å²) < 4.78 is 16.0. The quantitative estimate of drug-likeness (QED) is 0.610. The third kappa shape index (κ3) is 4.01. The summed E-state index contributed by atoms with van der Waals surface area (Å²) in [6.45, 7) is 3.87. The van der Waals surface area contributed by atoms with Gasteiger partial charge in [-0.15, -0.1) is 0 Å². The second-order valence-corrected chi connectivity index (χ2v) is 8.78. The normalized spacial score (nSPS) is 16.6. The van der Waals surface area contributed by atoms with Gasteiger partial charge in [0.2, 0.25) is 5.91 Å². The van der Waals surface area contributed by atoms with Crippen molar-refractivity contribution in [2.45, 2.75) is 58.0 Å². The summed E-state index contributed by atoms with van der Waals surface area (Å²) in [6.07, 6.45) is 2.78. The minimum Gasteiger partial charge on any atom is -0.480 e. The number of aromatic nitrogens is 1. The minimum atomic E-state index is -0.885. The van der Waals surface area contributed by atoms with Crippen LogP contribution in [0.5, 0.6) is 0 Å². The number of amides is 1. The molecule has 6 heteroatoms. The van der Waals surface area contributed by atoms with Crippen LogP contribution in [-0.4, -0.2) is 39.5 Å². The van der Waals surface area contributed by atoms with E-state index in [0.29, 0.717) is 25.7 Å². The maximum absolute atomic E-state index is 14.1. The number of benzene rings is 2. The van der Waals surface area contributed by atoms with Gasteiger partial charge in [-0.3, -0.25) is 4.79 Å². The van der Waals surface area contributed by atoms with Crippen molar-refractivity contribution in [1.29, 1.82) is 0 Å². The largest absolute Gasteiger partial charge is 0.480 e. The molecule has 0 fully saturated rings. The Morgan fingerprint density at radius 3 is 2.59 bits per heavy atom. The van der Waals surface area contributed by atoms with Gasteiger partial charge in [0.1, 0.15) is 11.9 Å². The highest BCUT2D eigenvalue weighted by Crippen LogP contribution is 2.37. The van der Waals surface area contributed by atoms with Gasteiger partial charge < -0.3 is 14.6 Å². The molecule has 1 aromatic heterocycles. The molecule has 0 saturated heterocycles. The number of nitrogens with zero attached hydrogens (tertiary/aromatic N) is 2. The molecular formula is C26H29FN2O3. The molecule has 1 amide bonds. The summed E-state index contributed by atoms with van der Waals surface area (Å²) >= 11 is 0. The zero-order valence-corrected chi connectivity index (χ0v) is 18.8. The van der Waals surface area contributed by atoms with Crippen molar-refractivity contribution in [1.82, 2.24) is 9.47 Å². The van der Waals surface area contributed by atoms with Crippen LogP contribution in [0, 0.1) is 12.7 Å². The second-order valence-electron chi connectivity index (χ2n) is 8.78. The van der Waals surface area contributed by atoms with Gasteiger partial charge in [-0.25, -0.2) is 9.18 Å². The number of carbonyl (C=O) groups excluding carboxylic acids is 1. The Morgan fingerprint density at radius 2 is 1.94 bits per heavy atom. The smallest absolute Gasteiger partial charge is 0.326 e. The van der Waals surface area contributed by atoms with E-state index in [4.69, 9.17) is 0 Å². The number of carboxylic acid groups (broad SMARTS) is 1. The molecule has 0 radical (unpaired) electrons. The molecule has 1 heterocycles. The highest BCUT2D eigenvalue weighted by Gasteiger charge is 2.32. The first-order valence-corrected chi connectivity index (χ1v) is 11.1. The Bertz CT molecular complexity index is 1170. The molecule has 0 saturated carbocycles. The maximum atomic E-state index is 14.1. The van der Waals surface area contributed by atoms with Gasteiger partial charge in [-0.1, -0.05) is 36.8 Å². The number of aryl methyl sites for hydroxylation is 1. The Morgan fingerprint density at radius 1 is 1.22 bits per heavy atom. The molecule has 2 atom stereocenters. The SMILES string of the molecule is CCC(C(=O)O)n1c2c(c3cc(F)ccc31)C[C@@H](N(C)C(=O)Cc1ccc(C)cc1)CC2. The van der Waals surface area contributed by atoms with Crippen LogP contribution in [0.25, 0.3) is 10.9 Å². The predicted octanol–water partition coefficient (Wildman–Crippen LogP) is 4.68. The van der Waals surface area contributed by atoms with Gasteiger partial charge in [-0.05, 0) is 61.9 Å². The van der Waals surface area contributed by atoms with E-state index in [0.717, 1.165) is 39.7 Å². The van der Waals surface area contributed by atoms with Crippen LogP contribution in [-0.2, 0) is 28.9 Å². The lowest BCUT2D eigenvalue weighted by molar-refractivity contribution is -0.141. The topological polar surface area (TPSA) is 62.5 Å². The highest BCUT2D eigenvalue weighted by atomic mass is 19.1. The van der Waals surface area contributed by atoms with Crippen molar-refractivity contribution in [3.05, 3.63) is 70.7 Å². The first-order valence-electron chi connectivity index (χ1n) is 11.1. The Hall–Kier alpha value is -3.15. The number of rotatable bonds is 6. The fourth-order valence-corrected chi connectivity index (χ4v) is 4.91. The molecule has 2 aromatic carbocycles. The number of carbonyl (C=O) groups is 2. The summed E-state index contributed by atoms with van der Waals surface area (Å²) in [4.78, 5) is 26.7. The monoisotopic (exact) mass is 436 g/mol. The lowest BCUT2D eigenvalue weighted by Gasteiger charge is -2.32. The van der Waals surface area contributed by atoms with E-state index in [-0.39, 0.29) is 17.8 Å². The van der Waals surface area contributed by atoms with E-state index in [2.05, 4.69) is 0 Å². The zero-order valence-electron chi connectivity index (χ0n) is 18.8. The number of aliphatic carboxylic acids is 1. The predicted molar refractivity (Wildman–Crippen MR) is 122 cm³/mol. The van der Waals surface area contributed by atoms with Crippen LogP contribution in [0.4, 0.5) is 4.39 Å². The van der Waals surface area contributed by atoms with Crippen LogP contribution >= 0.6 is 0 Å². The number of fused-ring (bicyclic) bond motifs is 3. The maximum Gasteiger partial charge on any atom is 0.326 e. The van der Waals surface area contributed by atoms with Crippen LogP contribution in [0.2, 0.25) is 0 Å². The van der Waals surface area contributed by atoms with Crippen molar-refractivity contribution in [3.8, 4) is 0 Å². The van der Waals surface area contributed by atoms with Crippen LogP contribution in [0.3, 0.4) is 0 Å². The van der Waals surface area contributed by atoms with E-state index >= 15 is 0 Å². The van der Waals surface area contributed by atoms with Gasteiger partial charge in [-0.2, -0.15) is 0 Å². The van der Waals surface area contributed by atoms with Gasteiger partial charge in [0.05, 0.1) is 6.42 Å². The van der Waals surface area contributed by atoms with Gasteiger partial charge in [0, 0.05) is 29.7 Å². The molecule has 0 aliphatic heterocycles. The van der Waals surface area contributed by atoms with E-state index in [1.807, 2.05) is 49.7 Å². The second kappa shape index (κ2) is 8.77. The number of likely N-dealkylation sites (N-methyl/N-ethyl adjacent to an activating group) is 1. The molecule has 168 valence electrons. The summed E-state index contributed by atoms with van der Waals surface area (Å²) in [5.74, 6) is -1.18. The molecule has 0 spiro atoms. The fraction of sp³-hybridized carbons (Fsp3) is 0.385. The third-order valence-electron chi connectivity index (χ3n) is 6.74. The Labute approximate surface area is 187 Å². The summed E-state index contributed by atoms with van der Waals surface area (Å²) in [6, 6.07) is 11.8. The first kappa shape index (κ1) is 22.1. The van der Waals surface area contributed by atoms with E-state index < -0.39 is 12.0 Å². The number of hydrogen-bond acceptors (Lipinski definition) is 2. The van der Waals surface area contributed by atoms with Gasteiger partial charge in [0.25, 0.3) is 0 Å². The number of hydrogen-bond donors (Lipinski definition) is 1. The summed E-state index contributed by atoms with van der Waals surface area (Å²) in [5.41, 5.74) is 4.81. The lowest BCUT2D eigenvalue weighted by atomic mass is 9.90. The minimum absolute atomic E-state index is 0.00679. The summed E-state index contributed by atoms with van der Waals surface area (Å²) in [5, 5.41) is 10.5. The van der Waals surface area contributed by atoms with E-state index in [9.17, 15) is 19.1 Å².